The number of rotatable bonds is 5. The van der Waals surface area contributed by atoms with E-state index in [2.05, 4.69) is 29.2 Å². The first kappa shape index (κ1) is 18.7. The van der Waals surface area contributed by atoms with Crippen LogP contribution in [-0.4, -0.2) is 29.2 Å². The summed E-state index contributed by atoms with van der Waals surface area (Å²) in [6, 6.07) is 14.4. The van der Waals surface area contributed by atoms with Crippen molar-refractivity contribution in [2.75, 3.05) is 18.8 Å². The largest absolute Gasteiger partial charge is 0.489 e. The first-order valence-electron chi connectivity index (χ1n) is 9.43. The van der Waals surface area contributed by atoms with Gasteiger partial charge in [0.15, 0.2) is 0 Å². The van der Waals surface area contributed by atoms with Crippen molar-refractivity contribution in [2.45, 2.75) is 51.9 Å². The second kappa shape index (κ2) is 7.68. The molecule has 26 heavy (non-hydrogen) atoms. The van der Waals surface area contributed by atoms with Gasteiger partial charge in [-0.2, -0.15) is 0 Å². The maximum atomic E-state index is 11.3. The summed E-state index contributed by atoms with van der Waals surface area (Å²) in [4.78, 5) is 2.40. The lowest BCUT2D eigenvalue weighted by molar-refractivity contribution is -0.0283. The zero-order chi connectivity index (χ0) is 18.7. The zero-order valence-corrected chi connectivity index (χ0v) is 16.0. The Morgan fingerprint density at radius 3 is 2.42 bits per heavy atom. The predicted molar refractivity (Wildman–Crippen MR) is 106 cm³/mol. The molecule has 1 fully saturated rings. The van der Waals surface area contributed by atoms with E-state index in [1.807, 2.05) is 39.0 Å². The molecule has 3 rings (SSSR count). The Kier molecular flexibility index (Phi) is 5.54. The minimum atomic E-state index is -0.819. The maximum Gasteiger partial charge on any atom is 0.142 e. The summed E-state index contributed by atoms with van der Waals surface area (Å²) >= 11 is 0. The summed E-state index contributed by atoms with van der Waals surface area (Å²) in [6.07, 6.45) is 1.48. The quantitative estimate of drug-likeness (QED) is 0.801. The Bertz CT molecular complexity index is 735. The van der Waals surface area contributed by atoms with Crippen LogP contribution in [0.5, 0.6) is 5.75 Å². The second-order valence-corrected chi connectivity index (χ2v) is 7.66. The molecule has 140 valence electrons. The van der Waals surface area contributed by atoms with Crippen molar-refractivity contribution in [3.05, 3.63) is 59.2 Å². The van der Waals surface area contributed by atoms with E-state index in [4.69, 9.17) is 10.5 Å². The standard InChI is InChI=1S/C22H30N2O2/c1-16(2)26-21-14-19(17(3)13-20(21)23)22(25)9-11-24(12-10-22)15-18-7-5-4-6-8-18/h4-8,13-14,16,25H,9-12,15,23H2,1-3H3. The van der Waals surface area contributed by atoms with Gasteiger partial charge in [0.25, 0.3) is 0 Å². The summed E-state index contributed by atoms with van der Waals surface area (Å²) < 4.78 is 5.83. The van der Waals surface area contributed by atoms with Gasteiger partial charge >= 0.3 is 0 Å². The summed E-state index contributed by atoms with van der Waals surface area (Å²) in [6.45, 7) is 8.65. The normalized spacial score (nSPS) is 17.4. The Morgan fingerprint density at radius 2 is 1.81 bits per heavy atom. The molecule has 3 N–H and O–H groups in total. The van der Waals surface area contributed by atoms with Crippen molar-refractivity contribution >= 4 is 5.69 Å². The average molecular weight is 354 g/mol. The molecule has 0 spiro atoms. The lowest BCUT2D eigenvalue weighted by Gasteiger charge is -2.39. The fourth-order valence-electron chi connectivity index (χ4n) is 3.76. The van der Waals surface area contributed by atoms with Crippen LogP contribution in [0, 0.1) is 6.92 Å². The Morgan fingerprint density at radius 1 is 1.15 bits per heavy atom. The third kappa shape index (κ3) is 4.19. The van der Waals surface area contributed by atoms with E-state index >= 15 is 0 Å². The van der Waals surface area contributed by atoms with Gasteiger partial charge in [0.1, 0.15) is 5.75 Å². The fourth-order valence-corrected chi connectivity index (χ4v) is 3.76. The third-order valence-corrected chi connectivity index (χ3v) is 5.15. The number of nitrogens with zero attached hydrogens (tertiary/aromatic N) is 1. The Hall–Kier alpha value is -2.04. The molecule has 0 radical (unpaired) electrons. The van der Waals surface area contributed by atoms with Gasteiger partial charge in [-0.25, -0.2) is 0 Å². The molecular formula is C22H30N2O2. The highest BCUT2D eigenvalue weighted by Gasteiger charge is 2.35. The number of hydrogen-bond donors (Lipinski definition) is 2. The molecule has 4 nitrogen and oxygen atoms in total. The smallest absolute Gasteiger partial charge is 0.142 e. The van der Waals surface area contributed by atoms with Crippen LogP contribution in [-0.2, 0) is 12.1 Å². The van der Waals surface area contributed by atoms with Gasteiger partial charge in [0, 0.05) is 19.6 Å². The molecule has 1 aliphatic rings. The summed E-state index contributed by atoms with van der Waals surface area (Å²) in [5, 5.41) is 11.3. The zero-order valence-electron chi connectivity index (χ0n) is 16.0. The number of ether oxygens (including phenoxy) is 1. The molecule has 1 heterocycles. The van der Waals surface area contributed by atoms with Gasteiger partial charge in [0.05, 0.1) is 17.4 Å². The van der Waals surface area contributed by atoms with Crippen LogP contribution in [0.25, 0.3) is 0 Å². The van der Waals surface area contributed by atoms with Crippen molar-refractivity contribution in [3.8, 4) is 5.75 Å². The lowest BCUT2D eigenvalue weighted by atomic mass is 9.81. The molecule has 0 aromatic heterocycles. The van der Waals surface area contributed by atoms with Crippen LogP contribution in [0.1, 0.15) is 43.4 Å². The van der Waals surface area contributed by atoms with Gasteiger partial charge in [-0.05, 0) is 62.4 Å². The molecule has 1 saturated heterocycles. The van der Waals surface area contributed by atoms with E-state index in [0.29, 0.717) is 24.3 Å². The van der Waals surface area contributed by atoms with Crippen molar-refractivity contribution in [3.63, 3.8) is 0 Å². The number of aryl methyl sites for hydroxylation is 1. The summed E-state index contributed by atoms with van der Waals surface area (Å²) in [7, 11) is 0. The number of hydrogen-bond acceptors (Lipinski definition) is 4. The summed E-state index contributed by atoms with van der Waals surface area (Å²) in [5.74, 6) is 0.667. The number of benzene rings is 2. The highest BCUT2D eigenvalue weighted by molar-refractivity contribution is 5.58. The Balaban J connectivity index is 1.74. The Labute approximate surface area is 156 Å². The molecule has 0 saturated carbocycles. The van der Waals surface area contributed by atoms with Gasteiger partial charge in [-0.1, -0.05) is 30.3 Å². The number of likely N-dealkylation sites (tertiary alicyclic amines) is 1. The van der Waals surface area contributed by atoms with E-state index < -0.39 is 5.60 Å². The van der Waals surface area contributed by atoms with E-state index in [1.165, 1.54) is 5.56 Å². The number of piperidine rings is 1. The molecule has 0 amide bonds. The highest BCUT2D eigenvalue weighted by Crippen LogP contribution is 2.39. The minimum Gasteiger partial charge on any atom is -0.489 e. The van der Waals surface area contributed by atoms with E-state index in [0.717, 1.165) is 30.8 Å². The molecule has 2 aromatic rings. The predicted octanol–water partition coefficient (Wildman–Crippen LogP) is 3.85. The first-order chi connectivity index (χ1) is 12.4. The van der Waals surface area contributed by atoms with Gasteiger partial charge in [-0.15, -0.1) is 0 Å². The molecular weight excluding hydrogens is 324 g/mol. The molecule has 0 unspecified atom stereocenters. The molecule has 1 aliphatic heterocycles. The third-order valence-electron chi connectivity index (χ3n) is 5.15. The molecule has 4 heteroatoms. The van der Waals surface area contributed by atoms with E-state index in [9.17, 15) is 5.11 Å². The fraction of sp³-hybridized carbons (Fsp3) is 0.455. The van der Waals surface area contributed by atoms with Crippen molar-refractivity contribution in [2.24, 2.45) is 0 Å². The van der Waals surface area contributed by atoms with Crippen LogP contribution in [0.15, 0.2) is 42.5 Å². The second-order valence-electron chi connectivity index (χ2n) is 7.66. The van der Waals surface area contributed by atoms with Crippen LogP contribution in [0.4, 0.5) is 5.69 Å². The van der Waals surface area contributed by atoms with Gasteiger partial charge in [0.2, 0.25) is 0 Å². The van der Waals surface area contributed by atoms with E-state index in [1.54, 1.807) is 0 Å². The number of aliphatic hydroxyl groups is 1. The number of nitrogen functional groups attached to an aromatic ring is 1. The number of nitrogens with two attached hydrogens (primary N) is 1. The van der Waals surface area contributed by atoms with Gasteiger partial charge in [-0.3, -0.25) is 4.90 Å². The van der Waals surface area contributed by atoms with Crippen molar-refractivity contribution < 1.29 is 9.84 Å². The molecule has 0 aliphatic carbocycles. The monoisotopic (exact) mass is 354 g/mol. The van der Waals surface area contributed by atoms with E-state index in [-0.39, 0.29) is 6.10 Å². The highest BCUT2D eigenvalue weighted by atomic mass is 16.5. The molecule has 0 bridgehead atoms. The van der Waals surface area contributed by atoms with Gasteiger partial charge < -0.3 is 15.6 Å². The SMILES string of the molecule is Cc1cc(N)c(OC(C)C)cc1C1(O)CCN(Cc2ccccc2)CC1. The topological polar surface area (TPSA) is 58.7 Å². The van der Waals surface area contributed by atoms with Crippen LogP contribution in [0.2, 0.25) is 0 Å². The molecule has 0 atom stereocenters. The van der Waals surface area contributed by atoms with Crippen molar-refractivity contribution in [1.29, 1.82) is 0 Å². The van der Waals surface area contributed by atoms with Crippen molar-refractivity contribution in [1.82, 2.24) is 4.90 Å². The molecule has 2 aromatic carbocycles. The minimum absolute atomic E-state index is 0.0511. The average Bonchev–Trinajstić information content (AvgIpc) is 2.60. The first-order valence-corrected chi connectivity index (χ1v) is 9.43. The number of anilines is 1. The lowest BCUT2D eigenvalue weighted by Crippen LogP contribution is -2.42. The van der Waals surface area contributed by atoms with Crippen LogP contribution < -0.4 is 10.5 Å². The maximum absolute atomic E-state index is 11.3. The summed E-state index contributed by atoms with van der Waals surface area (Å²) in [5.41, 5.74) is 9.20. The van der Waals surface area contributed by atoms with Crippen LogP contribution in [0.3, 0.4) is 0 Å². The van der Waals surface area contributed by atoms with Crippen LogP contribution >= 0.6 is 0 Å².